The summed E-state index contributed by atoms with van der Waals surface area (Å²) in [6.45, 7) is -0.840. The highest BCUT2D eigenvalue weighted by atomic mass is 35.5. The molecule has 0 aliphatic heterocycles. The number of hydrogen-bond donors (Lipinski definition) is 2. The molecular formula is C23H18ClF2N7O. The van der Waals surface area contributed by atoms with Crippen molar-refractivity contribution >= 4 is 40.0 Å². The quantitative estimate of drug-likeness (QED) is 0.394. The number of nitrogens with zero attached hydrogens (tertiary/aromatic N) is 5. The lowest BCUT2D eigenvalue weighted by atomic mass is 10.0. The molecule has 3 heterocycles. The number of nitrogens with one attached hydrogen (secondary N) is 1. The van der Waals surface area contributed by atoms with Crippen LogP contribution < -0.4 is 11.1 Å². The summed E-state index contributed by atoms with van der Waals surface area (Å²) in [6, 6.07) is 9.44. The van der Waals surface area contributed by atoms with E-state index in [1.165, 1.54) is 18.3 Å². The molecule has 0 aliphatic carbocycles. The Labute approximate surface area is 197 Å². The maximum Gasteiger partial charge on any atom is 0.271 e. The first kappa shape index (κ1) is 21.8. The smallest absolute Gasteiger partial charge is 0.271 e. The average Bonchev–Trinajstić information content (AvgIpc) is 3.43. The number of hydrogen-bond acceptors (Lipinski definition) is 5. The van der Waals surface area contributed by atoms with E-state index in [9.17, 15) is 13.6 Å². The lowest BCUT2D eigenvalue weighted by Crippen LogP contribution is -2.25. The number of carbonyl (C=O) groups is 1. The van der Waals surface area contributed by atoms with Gasteiger partial charge >= 0.3 is 0 Å². The van der Waals surface area contributed by atoms with Crippen molar-refractivity contribution in [2.75, 3.05) is 19.0 Å². The summed E-state index contributed by atoms with van der Waals surface area (Å²) < 4.78 is 29.6. The normalized spacial score (nSPS) is 11.4. The van der Waals surface area contributed by atoms with Gasteiger partial charge in [0, 0.05) is 30.9 Å². The molecule has 0 atom stereocenters. The fraction of sp³-hybridized carbons (Fsp3) is 0.130. The number of alkyl halides is 1. The number of aromatic nitrogens is 5. The number of rotatable bonds is 5. The fourth-order valence-corrected chi connectivity index (χ4v) is 4.10. The SMILES string of the molecule is Cn1cnc2c(Cl)cc(-c3c(-c4ccc(F)cc4)nc(N)c4nc(C(=O)NCCF)cn34)cc21. The summed E-state index contributed by atoms with van der Waals surface area (Å²) in [4.78, 5) is 25.7. The highest BCUT2D eigenvalue weighted by molar-refractivity contribution is 6.35. The molecule has 2 aromatic carbocycles. The second-order valence-electron chi connectivity index (χ2n) is 7.65. The van der Waals surface area contributed by atoms with Gasteiger partial charge < -0.3 is 15.6 Å². The molecular weight excluding hydrogens is 464 g/mol. The molecule has 1 amide bonds. The van der Waals surface area contributed by atoms with Crippen molar-refractivity contribution in [1.29, 1.82) is 0 Å². The Balaban J connectivity index is 1.83. The summed E-state index contributed by atoms with van der Waals surface area (Å²) in [5, 5.41) is 2.87. The van der Waals surface area contributed by atoms with Gasteiger partial charge in [-0.1, -0.05) is 11.6 Å². The van der Waals surface area contributed by atoms with Crippen LogP contribution in [0.25, 0.3) is 39.2 Å². The Morgan fingerprint density at radius 1 is 1.18 bits per heavy atom. The fourth-order valence-electron chi connectivity index (χ4n) is 3.84. The topological polar surface area (TPSA) is 103 Å². The number of amides is 1. The van der Waals surface area contributed by atoms with Gasteiger partial charge in [0.15, 0.2) is 11.5 Å². The van der Waals surface area contributed by atoms with Crippen LogP contribution in [0.1, 0.15) is 10.5 Å². The minimum atomic E-state index is -0.702. The van der Waals surface area contributed by atoms with Crippen LogP contribution in [0.4, 0.5) is 14.6 Å². The second-order valence-corrected chi connectivity index (χ2v) is 8.05. The predicted octanol–water partition coefficient (Wildman–Crippen LogP) is 4.02. The summed E-state index contributed by atoms with van der Waals surface area (Å²) in [5.41, 5.74) is 10.2. The van der Waals surface area contributed by atoms with E-state index in [4.69, 9.17) is 17.3 Å². The van der Waals surface area contributed by atoms with Gasteiger partial charge in [-0.05, 0) is 36.4 Å². The molecule has 3 aromatic heterocycles. The number of carbonyl (C=O) groups excluding carboxylic acids is 1. The molecule has 0 unspecified atom stereocenters. The first-order valence-electron chi connectivity index (χ1n) is 10.3. The van der Waals surface area contributed by atoms with Crippen molar-refractivity contribution in [2.24, 2.45) is 7.05 Å². The van der Waals surface area contributed by atoms with Crippen molar-refractivity contribution < 1.29 is 13.6 Å². The zero-order valence-electron chi connectivity index (χ0n) is 17.9. The van der Waals surface area contributed by atoms with Crippen molar-refractivity contribution in [1.82, 2.24) is 29.2 Å². The Morgan fingerprint density at radius 3 is 2.68 bits per heavy atom. The van der Waals surface area contributed by atoms with Crippen LogP contribution in [-0.4, -0.2) is 43.0 Å². The van der Waals surface area contributed by atoms with Gasteiger partial charge in [-0.3, -0.25) is 9.20 Å². The summed E-state index contributed by atoms with van der Waals surface area (Å²) in [7, 11) is 1.84. The van der Waals surface area contributed by atoms with Crippen molar-refractivity contribution in [3.63, 3.8) is 0 Å². The largest absolute Gasteiger partial charge is 0.381 e. The third-order valence-corrected chi connectivity index (χ3v) is 5.71. The molecule has 11 heteroatoms. The van der Waals surface area contributed by atoms with Gasteiger partial charge in [-0.25, -0.2) is 23.7 Å². The summed E-state index contributed by atoms with van der Waals surface area (Å²) in [5.74, 6) is -0.872. The van der Waals surface area contributed by atoms with E-state index in [0.29, 0.717) is 33.1 Å². The van der Waals surface area contributed by atoms with Crippen LogP contribution in [0.5, 0.6) is 0 Å². The molecule has 8 nitrogen and oxygen atoms in total. The van der Waals surface area contributed by atoms with Crippen LogP contribution in [0.2, 0.25) is 5.02 Å². The van der Waals surface area contributed by atoms with Crippen LogP contribution in [-0.2, 0) is 7.05 Å². The van der Waals surface area contributed by atoms with Gasteiger partial charge in [-0.2, -0.15) is 0 Å². The molecule has 5 aromatic rings. The molecule has 0 spiro atoms. The lowest BCUT2D eigenvalue weighted by Gasteiger charge is -2.14. The van der Waals surface area contributed by atoms with Gasteiger partial charge in [0.1, 0.15) is 23.7 Å². The minimum Gasteiger partial charge on any atom is -0.381 e. The standard InChI is InChI=1S/C23H18ClF2N7O/c1-32-11-29-19-15(24)8-13(9-17(19)32)20-18(12-2-4-14(26)5-3-12)31-21(27)22-30-16(10-33(20)22)23(34)28-7-6-25/h2-5,8-11H,6-7H2,1H3,(H2,27,31)(H,28,34). The zero-order chi connectivity index (χ0) is 24.0. The first-order valence-corrected chi connectivity index (χ1v) is 10.6. The monoisotopic (exact) mass is 481 g/mol. The van der Waals surface area contributed by atoms with Crippen LogP contribution in [0.3, 0.4) is 0 Å². The van der Waals surface area contributed by atoms with E-state index in [0.717, 1.165) is 5.52 Å². The maximum absolute atomic E-state index is 13.6. The van der Waals surface area contributed by atoms with Crippen LogP contribution in [0.15, 0.2) is 48.9 Å². The third kappa shape index (κ3) is 3.61. The molecule has 3 N–H and O–H groups in total. The Morgan fingerprint density at radius 2 is 1.94 bits per heavy atom. The Bertz CT molecular complexity index is 1560. The Hall–Kier alpha value is -4.05. The molecule has 0 aliphatic rings. The molecule has 0 bridgehead atoms. The molecule has 5 rings (SSSR count). The van der Waals surface area contributed by atoms with Crippen molar-refractivity contribution in [3.05, 3.63) is 65.5 Å². The molecule has 0 fully saturated rings. The van der Waals surface area contributed by atoms with Gasteiger partial charge in [0.2, 0.25) is 0 Å². The number of imidazole rings is 2. The first-order chi connectivity index (χ1) is 16.4. The highest BCUT2D eigenvalue weighted by Crippen LogP contribution is 2.37. The number of nitrogens with two attached hydrogens (primary N) is 1. The lowest BCUT2D eigenvalue weighted by molar-refractivity contribution is 0.0946. The van der Waals surface area contributed by atoms with E-state index >= 15 is 0 Å². The number of nitrogen functional groups attached to an aromatic ring is 1. The zero-order valence-corrected chi connectivity index (χ0v) is 18.6. The molecule has 0 saturated heterocycles. The highest BCUT2D eigenvalue weighted by Gasteiger charge is 2.22. The third-order valence-electron chi connectivity index (χ3n) is 5.42. The van der Waals surface area contributed by atoms with Crippen molar-refractivity contribution in [3.8, 4) is 22.5 Å². The molecule has 34 heavy (non-hydrogen) atoms. The van der Waals surface area contributed by atoms with E-state index in [2.05, 4.69) is 20.3 Å². The van der Waals surface area contributed by atoms with Gasteiger partial charge in [0.25, 0.3) is 5.91 Å². The Kier molecular flexibility index (Phi) is 5.37. The van der Waals surface area contributed by atoms with Crippen LogP contribution >= 0.6 is 11.6 Å². The van der Waals surface area contributed by atoms with E-state index < -0.39 is 18.4 Å². The summed E-state index contributed by atoms with van der Waals surface area (Å²) >= 11 is 6.54. The van der Waals surface area contributed by atoms with Crippen molar-refractivity contribution in [2.45, 2.75) is 0 Å². The van der Waals surface area contributed by atoms with Crippen LogP contribution in [0, 0.1) is 5.82 Å². The average molecular weight is 482 g/mol. The van der Waals surface area contributed by atoms with Gasteiger partial charge in [0.05, 0.1) is 28.3 Å². The van der Waals surface area contributed by atoms with E-state index in [1.807, 2.05) is 17.7 Å². The maximum atomic E-state index is 13.6. The predicted molar refractivity (Wildman–Crippen MR) is 126 cm³/mol. The number of aryl methyl sites for hydroxylation is 1. The molecule has 172 valence electrons. The number of anilines is 1. The van der Waals surface area contributed by atoms with E-state index in [-0.39, 0.29) is 23.7 Å². The second kappa shape index (κ2) is 8.38. The number of halogens is 3. The number of benzene rings is 2. The number of fused-ring (bicyclic) bond motifs is 2. The molecule has 0 saturated carbocycles. The minimum absolute atomic E-state index is 0.0483. The van der Waals surface area contributed by atoms with Gasteiger partial charge in [-0.15, -0.1) is 0 Å². The molecule has 0 radical (unpaired) electrons. The van der Waals surface area contributed by atoms with E-state index in [1.54, 1.807) is 28.9 Å². The summed E-state index contributed by atoms with van der Waals surface area (Å²) in [6.07, 6.45) is 3.16.